The van der Waals surface area contributed by atoms with Crippen LogP contribution in [-0.2, 0) is 14.4 Å². The minimum Gasteiger partial charge on any atom is -0.480 e. The Hall–Kier alpha value is -1.89. The first-order valence-electron chi connectivity index (χ1n) is 7.59. The van der Waals surface area contributed by atoms with Crippen molar-refractivity contribution in [2.75, 3.05) is 18.0 Å². The molecule has 0 spiro atoms. The number of likely N-dealkylation sites (tertiary alicyclic amines) is 1. The number of hydrogen-bond donors (Lipinski definition) is 1. The normalized spacial score (nSPS) is 24.3. The summed E-state index contributed by atoms with van der Waals surface area (Å²) in [4.78, 5) is 39.4. The molecular weight excluding hydrogens is 364 g/mol. The molecule has 23 heavy (non-hydrogen) atoms. The molecule has 1 N–H and O–H groups in total. The summed E-state index contributed by atoms with van der Waals surface area (Å²) in [6.45, 7) is 0.883. The van der Waals surface area contributed by atoms with E-state index in [9.17, 15) is 19.5 Å². The van der Waals surface area contributed by atoms with Gasteiger partial charge in [-0.2, -0.15) is 0 Å². The highest BCUT2D eigenvalue weighted by molar-refractivity contribution is 9.10. The summed E-state index contributed by atoms with van der Waals surface area (Å²) in [7, 11) is 0. The predicted molar refractivity (Wildman–Crippen MR) is 87.0 cm³/mol. The maximum Gasteiger partial charge on any atom is 0.326 e. The fourth-order valence-electron chi connectivity index (χ4n) is 3.30. The third-order valence-corrected chi connectivity index (χ3v) is 4.94. The van der Waals surface area contributed by atoms with Crippen molar-refractivity contribution in [3.63, 3.8) is 0 Å². The van der Waals surface area contributed by atoms with Gasteiger partial charge in [0.2, 0.25) is 11.8 Å². The van der Waals surface area contributed by atoms with Gasteiger partial charge in [-0.05, 0) is 37.5 Å². The number of hydrogen-bond acceptors (Lipinski definition) is 3. The van der Waals surface area contributed by atoms with E-state index in [0.717, 1.165) is 10.2 Å². The predicted octanol–water partition coefficient (Wildman–Crippen LogP) is 1.88. The van der Waals surface area contributed by atoms with Crippen molar-refractivity contribution in [1.82, 2.24) is 4.90 Å². The molecule has 2 heterocycles. The molecule has 0 unspecified atom stereocenters. The van der Waals surface area contributed by atoms with Crippen molar-refractivity contribution < 1.29 is 19.5 Å². The number of carboxylic acids is 1. The summed E-state index contributed by atoms with van der Waals surface area (Å²) in [5, 5.41) is 9.21. The highest BCUT2D eigenvalue weighted by Gasteiger charge is 2.44. The molecule has 7 heteroatoms. The first-order valence-corrected chi connectivity index (χ1v) is 8.38. The van der Waals surface area contributed by atoms with Crippen LogP contribution >= 0.6 is 15.9 Å². The van der Waals surface area contributed by atoms with Gasteiger partial charge in [0.1, 0.15) is 12.0 Å². The molecule has 3 rings (SSSR count). The summed E-state index contributed by atoms with van der Waals surface area (Å²) in [6.07, 6.45) is 1.54. The molecule has 0 aliphatic carbocycles. The van der Waals surface area contributed by atoms with Gasteiger partial charge in [-0.3, -0.25) is 9.59 Å². The third-order valence-electron chi connectivity index (χ3n) is 4.44. The van der Waals surface area contributed by atoms with E-state index in [1.165, 1.54) is 4.90 Å². The molecular formula is C16H17BrN2O4. The van der Waals surface area contributed by atoms with Gasteiger partial charge in [0.15, 0.2) is 0 Å². The van der Waals surface area contributed by atoms with Gasteiger partial charge in [-0.1, -0.05) is 22.0 Å². The Labute approximate surface area is 142 Å². The van der Waals surface area contributed by atoms with Gasteiger partial charge in [0, 0.05) is 23.2 Å². The largest absolute Gasteiger partial charge is 0.480 e. The minimum absolute atomic E-state index is 0.246. The van der Waals surface area contributed by atoms with Crippen LogP contribution in [0.5, 0.6) is 0 Å². The van der Waals surface area contributed by atoms with Gasteiger partial charge in [0.25, 0.3) is 0 Å². The summed E-state index contributed by atoms with van der Waals surface area (Å²) in [6, 6.07) is 6.57. The van der Waals surface area contributed by atoms with Gasteiger partial charge in [0.05, 0.1) is 0 Å². The number of carboxylic acid groups (broad SMARTS) is 1. The maximum atomic E-state index is 12.6. The maximum absolute atomic E-state index is 12.6. The number of rotatable bonds is 3. The molecule has 6 nitrogen and oxygen atoms in total. The second-order valence-electron chi connectivity index (χ2n) is 5.84. The van der Waals surface area contributed by atoms with Crippen molar-refractivity contribution >= 4 is 39.4 Å². The number of nitrogens with zero attached hydrogens (tertiary/aromatic N) is 2. The Morgan fingerprint density at radius 1 is 1.22 bits per heavy atom. The van der Waals surface area contributed by atoms with Crippen molar-refractivity contribution in [3.05, 3.63) is 28.7 Å². The molecule has 122 valence electrons. The lowest BCUT2D eigenvalue weighted by atomic mass is 10.1. The highest BCUT2D eigenvalue weighted by atomic mass is 79.9. The van der Waals surface area contributed by atoms with E-state index in [0.29, 0.717) is 32.4 Å². The summed E-state index contributed by atoms with van der Waals surface area (Å²) in [5.41, 5.74) is 0.746. The lowest BCUT2D eigenvalue weighted by molar-refractivity contribution is -0.151. The topological polar surface area (TPSA) is 77.9 Å². The van der Waals surface area contributed by atoms with E-state index in [1.54, 1.807) is 4.90 Å². The Bertz CT molecular complexity index is 663. The molecule has 0 saturated carbocycles. The molecule has 1 aromatic rings. The molecule has 0 radical (unpaired) electrons. The fraction of sp³-hybridized carbons (Fsp3) is 0.438. The molecule has 0 bridgehead atoms. The second-order valence-corrected chi connectivity index (χ2v) is 6.75. The standard InChI is InChI=1S/C16H17BrN2O4/c17-10-3-1-4-11(9-10)18-8-6-12(14(18)20)15(21)19-7-2-5-13(19)16(22)23/h1,3-4,9,12-13H,2,5-8H2,(H,22,23)/t12-,13-/m1/s1. The zero-order valence-electron chi connectivity index (χ0n) is 12.4. The molecule has 2 saturated heterocycles. The van der Waals surface area contributed by atoms with Crippen LogP contribution in [0.4, 0.5) is 5.69 Å². The molecule has 2 atom stereocenters. The zero-order chi connectivity index (χ0) is 16.6. The quantitative estimate of drug-likeness (QED) is 0.812. The molecule has 2 aliphatic rings. The smallest absolute Gasteiger partial charge is 0.326 e. The van der Waals surface area contributed by atoms with Crippen molar-refractivity contribution in [3.8, 4) is 0 Å². The number of halogens is 1. The molecule has 2 fully saturated rings. The number of anilines is 1. The lowest BCUT2D eigenvalue weighted by Crippen LogP contribution is -2.45. The zero-order valence-corrected chi connectivity index (χ0v) is 14.0. The Morgan fingerprint density at radius 3 is 2.70 bits per heavy atom. The average Bonchev–Trinajstić information content (AvgIpc) is 3.13. The van der Waals surface area contributed by atoms with Gasteiger partial charge in [-0.25, -0.2) is 4.79 Å². The second kappa shape index (κ2) is 6.31. The number of benzene rings is 1. The van der Waals surface area contributed by atoms with Crippen LogP contribution in [0.1, 0.15) is 19.3 Å². The molecule has 2 amide bonds. The van der Waals surface area contributed by atoms with Crippen LogP contribution in [0.15, 0.2) is 28.7 Å². The number of aliphatic carboxylic acids is 1. The van der Waals surface area contributed by atoms with E-state index in [4.69, 9.17) is 0 Å². The Morgan fingerprint density at radius 2 is 2.00 bits per heavy atom. The Kier molecular flexibility index (Phi) is 4.39. The van der Waals surface area contributed by atoms with Gasteiger partial charge in [-0.15, -0.1) is 0 Å². The van der Waals surface area contributed by atoms with Crippen LogP contribution in [0, 0.1) is 5.92 Å². The lowest BCUT2D eigenvalue weighted by Gasteiger charge is -2.24. The van der Waals surface area contributed by atoms with Crippen LogP contribution in [0.3, 0.4) is 0 Å². The van der Waals surface area contributed by atoms with E-state index < -0.39 is 17.9 Å². The fourth-order valence-corrected chi connectivity index (χ4v) is 3.68. The van der Waals surface area contributed by atoms with Crippen LogP contribution in [-0.4, -0.2) is 46.9 Å². The van der Waals surface area contributed by atoms with Crippen molar-refractivity contribution in [1.29, 1.82) is 0 Å². The van der Waals surface area contributed by atoms with Crippen LogP contribution in [0.25, 0.3) is 0 Å². The first kappa shape index (κ1) is 16.0. The van der Waals surface area contributed by atoms with E-state index >= 15 is 0 Å². The summed E-state index contributed by atoms with van der Waals surface area (Å²) >= 11 is 3.37. The SMILES string of the molecule is O=C(O)[C@H]1CCCN1C(=O)[C@@H]1CCN(c2cccc(Br)c2)C1=O. The molecule has 0 aromatic heterocycles. The highest BCUT2D eigenvalue weighted by Crippen LogP contribution is 2.30. The van der Waals surface area contributed by atoms with Gasteiger partial charge >= 0.3 is 5.97 Å². The van der Waals surface area contributed by atoms with Gasteiger partial charge < -0.3 is 14.9 Å². The average molecular weight is 381 g/mol. The summed E-state index contributed by atoms with van der Waals surface area (Å²) in [5.74, 6) is -2.36. The van der Waals surface area contributed by atoms with Crippen LogP contribution in [0.2, 0.25) is 0 Å². The number of carbonyl (C=O) groups excluding carboxylic acids is 2. The third kappa shape index (κ3) is 2.97. The molecule has 2 aliphatic heterocycles. The summed E-state index contributed by atoms with van der Waals surface area (Å²) < 4.78 is 0.864. The molecule has 1 aromatic carbocycles. The van der Waals surface area contributed by atoms with E-state index in [-0.39, 0.29) is 11.8 Å². The number of carbonyl (C=O) groups is 3. The van der Waals surface area contributed by atoms with E-state index in [2.05, 4.69) is 15.9 Å². The van der Waals surface area contributed by atoms with Crippen LogP contribution < -0.4 is 4.90 Å². The minimum atomic E-state index is -0.995. The van der Waals surface area contributed by atoms with Crippen molar-refractivity contribution in [2.24, 2.45) is 5.92 Å². The number of amides is 2. The first-order chi connectivity index (χ1) is 11.0. The van der Waals surface area contributed by atoms with E-state index in [1.807, 2.05) is 24.3 Å². The Balaban J connectivity index is 1.76. The monoisotopic (exact) mass is 380 g/mol. The van der Waals surface area contributed by atoms with Crippen molar-refractivity contribution in [2.45, 2.75) is 25.3 Å².